The van der Waals surface area contributed by atoms with E-state index in [1.807, 2.05) is 55.5 Å². The number of aryl methyl sites for hydroxylation is 1. The third-order valence-electron chi connectivity index (χ3n) is 2.36. The van der Waals surface area contributed by atoms with Crippen LogP contribution < -0.4 is 9.47 Å². The molecule has 0 heterocycles. The molecule has 0 amide bonds. The summed E-state index contributed by atoms with van der Waals surface area (Å²) < 4.78 is 10.9. The van der Waals surface area contributed by atoms with Crippen LogP contribution in [0, 0.1) is 6.92 Å². The van der Waals surface area contributed by atoms with Gasteiger partial charge in [-0.3, -0.25) is 0 Å². The van der Waals surface area contributed by atoms with E-state index in [9.17, 15) is 0 Å². The second kappa shape index (κ2) is 4.71. The van der Waals surface area contributed by atoms with Crippen molar-refractivity contribution in [2.45, 2.75) is 6.92 Å². The van der Waals surface area contributed by atoms with Crippen LogP contribution in [0.2, 0.25) is 0 Å². The number of hydrogen-bond donors (Lipinski definition) is 0. The third kappa shape index (κ3) is 2.34. The normalized spacial score (nSPS) is 9.88. The van der Waals surface area contributed by atoms with Gasteiger partial charge in [-0.25, -0.2) is 0 Å². The maximum atomic E-state index is 5.70. The molecule has 2 heteroatoms. The van der Waals surface area contributed by atoms with Gasteiger partial charge in [0.1, 0.15) is 17.2 Å². The monoisotopic (exact) mass is 214 g/mol. The van der Waals surface area contributed by atoms with Gasteiger partial charge in [0.05, 0.1) is 7.11 Å². The van der Waals surface area contributed by atoms with Gasteiger partial charge in [-0.05, 0) is 30.7 Å². The van der Waals surface area contributed by atoms with Crippen LogP contribution in [0.1, 0.15) is 5.56 Å². The quantitative estimate of drug-likeness (QED) is 0.773. The fourth-order valence-corrected chi connectivity index (χ4v) is 1.49. The van der Waals surface area contributed by atoms with Crippen molar-refractivity contribution in [3.05, 3.63) is 54.1 Å². The van der Waals surface area contributed by atoms with Crippen molar-refractivity contribution in [2.24, 2.45) is 0 Å². The van der Waals surface area contributed by atoms with Crippen LogP contribution in [0.3, 0.4) is 0 Å². The summed E-state index contributed by atoms with van der Waals surface area (Å²) in [5, 5.41) is 0. The topological polar surface area (TPSA) is 18.5 Å². The van der Waals surface area contributed by atoms with E-state index >= 15 is 0 Å². The zero-order chi connectivity index (χ0) is 11.4. The van der Waals surface area contributed by atoms with Gasteiger partial charge in [-0.1, -0.05) is 24.3 Å². The fourth-order valence-electron chi connectivity index (χ4n) is 1.49. The molecule has 0 aliphatic heterocycles. The van der Waals surface area contributed by atoms with E-state index in [2.05, 4.69) is 0 Å². The van der Waals surface area contributed by atoms with Crippen LogP contribution in [-0.4, -0.2) is 7.11 Å². The van der Waals surface area contributed by atoms with Crippen LogP contribution >= 0.6 is 0 Å². The molecule has 0 aliphatic carbocycles. The largest absolute Gasteiger partial charge is 0.496 e. The van der Waals surface area contributed by atoms with E-state index in [-0.39, 0.29) is 0 Å². The summed E-state index contributed by atoms with van der Waals surface area (Å²) in [5.41, 5.74) is 1.10. The van der Waals surface area contributed by atoms with Gasteiger partial charge in [0.15, 0.2) is 0 Å². The SMILES string of the molecule is COc1cc(Oc2ccccc2)ccc1C. The Labute approximate surface area is 95.4 Å². The number of benzene rings is 2. The molecular weight excluding hydrogens is 200 g/mol. The van der Waals surface area contributed by atoms with Gasteiger partial charge >= 0.3 is 0 Å². The molecule has 16 heavy (non-hydrogen) atoms. The van der Waals surface area contributed by atoms with Crippen LogP contribution in [0.15, 0.2) is 48.5 Å². The first-order chi connectivity index (χ1) is 7.79. The minimum Gasteiger partial charge on any atom is -0.496 e. The van der Waals surface area contributed by atoms with Gasteiger partial charge in [-0.15, -0.1) is 0 Å². The average Bonchev–Trinajstić information content (AvgIpc) is 2.33. The molecule has 0 saturated carbocycles. The molecule has 2 nitrogen and oxygen atoms in total. The smallest absolute Gasteiger partial charge is 0.131 e. The average molecular weight is 214 g/mol. The molecule has 2 aromatic rings. The first-order valence-electron chi connectivity index (χ1n) is 5.17. The van der Waals surface area contributed by atoms with Gasteiger partial charge in [0.2, 0.25) is 0 Å². The van der Waals surface area contributed by atoms with Crippen molar-refractivity contribution in [1.82, 2.24) is 0 Å². The number of para-hydroxylation sites is 1. The van der Waals surface area contributed by atoms with Gasteiger partial charge in [0, 0.05) is 6.07 Å². The summed E-state index contributed by atoms with van der Waals surface area (Å²) in [4.78, 5) is 0. The Balaban J connectivity index is 2.22. The van der Waals surface area contributed by atoms with Crippen molar-refractivity contribution in [2.75, 3.05) is 7.11 Å². The van der Waals surface area contributed by atoms with Crippen LogP contribution in [-0.2, 0) is 0 Å². The van der Waals surface area contributed by atoms with E-state index in [4.69, 9.17) is 9.47 Å². The first kappa shape index (κ1) is 10.6. The van der Waals surface area contributed by atoms with Crippen LogP contribution in [0.5, 0.6) is 17.2 Å². The third-order valence-corrected chi connectivity index (χ3v) is 2.36. The summed E-state index contributed by atoms with van der Waals surface area (Å²) in [6, 6.07) is 15.5. The van der Waals surface area contributed by atoms with Crippen molar-refractivity contribution in [3.8, 4) is 17.2 Å². The molecule has 2 aromatic carbocycles. The lowest BCUT2D eigenvalue weighted by molar-refractivity contribution is 0.406. The molecular formula is C14H14O2. The Hall–Kier alpha value is -1.96. The maximum absolute atomic E-state index is 5.70. The Morgan fingerprint density at radius 2 is 1.62 bits per heavy atom. The summed E-state index contributed by atoms with van der Waals surface area (Å²) in [6.45, 7) is 2.01. The van der Waals surface area contributed by atoms with E-state index in [0.717, 1.165) is 22.8 Å². The molecule has 0 saturated heterocycles. The van der Waals surface area contributed by atoms with E-state index in [1.165, 1.54) is 0 Å². The molecule has 0 aromatic heterocycles. The second-order valence-electron chi connectivity index (χ2n) is 3.55. The van der Waals surface area contributed by atoms with E-state index in [0.29, 0.717) is 0 Å². The minimum absolute atomic E-state index is 0.786. The predicted molar refractivity (Wildman–Crippen MR) is 64.2 cm³/mol. The molecule has 0 N–H and O–H groups in total. The number of methoxy groups -OCH3 is 1. The summed E-state index contributed by atoms with van der Waals surface area (Å²) in [6.07, 6.45) is 0. The summed E-state index contributed by atoms with van der Waals surface area (Å²) in [7, 11) is 1.66. The summed E-state index contributed by atoms with van der Waals surface area (Å²) in [5.74, 6) is 2.45. The van der Waals surface area contributed by atoms with Crippen LogP contribution in [0.4, 0.5) is 0 Å². The first-order valence-corrected chi connectivity index (χ1v) is 5.17. The number of hydrogen-bond acceptors (Lipinski definition) is 2. The Bertz CT molecular complexity index is 463. The molecule has 0 atom stereocenters. The van der Waals surface area contributed by atoms with Crippen LogP contribution in [0.25, 0.3) is 0 Å². The molecule has 82 valence electrons. The van der Waals surface area contributed by atoms with E-state index < -0.39 is 0 Å². The van der Waals surface area contributed by atoms with Crippen molar-refractivity contribution in [3.63, 3.8) is 0 Å². The summed E-state index contributed by atoms with van der Waals surface area (Å²) >= 11 is 0. The van der Waals surface area contributed by atoms with E-state index in [1.54, 1.807) is 7.11 Å². The lowest BCUT2D eigenvalue weighted by Gasteiger charge is -2.09. The van der Waals surface area contributed by atoms with Crippen molar-refractivity contribution in [1.29, 1.82) is 0 Å². The van der Waals surface area contributed by atoms with Gasteiger partial charge in [0.25, 0.3) is 0 Å². The highest BCUT2D eigenvalue weighted by molar-refractivity contribution is 5.41. The van der Waals surface area contributed by atoms with Crippen molar-refractivity contribution < 1.29 is 9.47 Å². The predicted octanol–water partition coefficient (Wildman–Crippen LogP) is 3.80. The second-order valence-corrected chi connectivity index (χ2v) is 3.55. The Morgan fingerprint density at radius 1 is 0.875 bits per heavy atom. The standard InChI is InChI=1S/C14H14O2/c1-11-8-9-13(10-14(11)15-2)16-12-6-4-3-5-7-12/h3-10H,1-2H3. The van der Waals surface area contributed by atoms with Gasteiger partial charge in [-0.2, -0.15) is 0 Å². The number of rotatable bonds is 3. The Morgan fingerprint density at radius 3 is 2.31 bits per heavy atom. The molecule has 0 bridgehead atoms. The highest BCUT2D eigenvalue weighted by atomic mass is 16.5. The zero-order valence-corrected chi connectivity index (χ0v) is 9.44. The lowest BCUT2D eigenvalue weighted by atomic mass is 10.2. The molecule has 2 rings (SSSR count). The lowest BCUT2D eigenvalue weighted by Crippen LogP contribution is -1.89. The number of ether oxygens (including phenoxy) is 2. The van der Waals surface area contributed by atoms with Gasteiger partial charge < -0.3 is 9.47 Å². The molecule has 0 spiro atoms. The molecule has 0 radical (unpaired) electrons. The molecule has 0 fully saturated rings. The highest BCUT2D eigenvalue weighted by Gasteiger charge is 2.01. The molecule has 0 unspecified atom stereocenters. The molecule has 0 aliphatic rings. The minimum atomic E-state index is 0.786. The maximum Gasteiger partial charge on any atom is 0.131 e. The fraction of sp³-hybridized carbons (Fsp3) is 0.143. The van der Waals surface area contributed by atoms with Crippen molar-refractivity contribution >= 4 is 0 Å². The highest BCUT2D eigenvalue weighted by Crippen LogP contribution is 2.27. The Kier molecular flexibility index (Phi) is 3.10. The zero-order valence-electron chi connectivity index (χ0n) is 9.44.